The predicted octanol–water partition coefficient (Wildman–Crippen LogP) is 5.64. The van der Waals surface area contributed by atoms with Gasteiger partial charge in [-0.1, -0.05) is 45.9 Å². The Kier molecular flexibility index (Phi) is 4.28. The van der Waals surface area contributed by atoms with Gasteiger partial charge in [-0.3, -0.25) is 4.90 Å². The molecule has 24 heavy (non-hydrogen) atoms. The van der Waals surface area contributed by atoms with E-state index in [-0.39, 0.29) is 11.5 Å². The molecule has 0 radical (unpaired) electrons. The van der Waals surface area contributed by atoms with E-state index < -0.39 is 5.67 Å². The van der Waals surface area contributed by atoms with Gasteiger partial charge in [0.2, 0.25) is 0 Å². The zero-order valence-electron chi connectivity index (χ0n) is 15.9. The van der Waals surface area contributed by atoms with E-state index in [1.807, 2.05) is 6.92 Å². The van der Waals surface area contributed by atoms with Gasteiger partial charge in [-0.05, 0) is 43.7 Å². The Morgan fingerprint density at radius 1 is 1.21 bits per heavy atom. The predicted molar refractivity (Wildman–Crippen MR) is 100 cm³/mol. The van der Waals surface area contributed by atoms with E-state index in [9.17, 15) is 4.39 Å². The summed E-state index contributed by atoms with van der Waals surface area (Å²) in [5.74, 6) is 0. The zero-order chi connectivity index (χ0) is 17.7. The number of para-hydroxylation sites is 1. The van der Waals surface area contributed by atoms with Crippen LogP contribution in [0.1, 0.15) is 65.3 Å². The lowest BCUT2D eigenvalue weighted by molar-refractivity contribution is -0.000660. The van der Waals surface area contributed by atoms with Crippen LogP contribution in [0.4, 0.5) is 4.39 Å². The van der Waals surface area contributed by atoms with Crippen LogP contribution < -0.4 is 0 Å². The van der Waals surface area contributed by atoms with Crippen LogP contribution in [-0.2, 0) is 6.42 Å². The van der Waals surface area contributed by atoms with Crippen LogP contribution in [0.15, 0.2) is 24.3 Å². The van der Waals surface area contributed by atoms with Crippen molar-refractivity contribution in [3.05, 3.63) is 35.5 Å². The first-order chi connectivity index (χ1) is 11.1. The van der Waals surface area contributed by atoms with Crippen molar-refractivity contribution >= 4 is 10.9 Å². The van der Waals surface area contributed by atoms with E-state index >= 15 is 0 Å². The topological polar surface area (TPSA) is 19.0 Å². The van der Waals surface area contributed by atoms with Crippen LogP contribution in [0.5, 0.6) is 0 Å². The summed E-state index contributed by atoms with van der Waals surface area (Å²) in [5, 5.41) is 1.33. The summed E-state index contributed by atoms with van der Waals surface area (Å²) >= 11 is 0. The number of hydrogen-bond donors (Lipinski definition) is 1. The maximum atomic E-state index is 14.9. The number of hydrogen-bond acceptors (Lipinski definition) is 1. The van der Waals surface area contributed by atoms with E-state index in [1.54, 1.807) is 6.92 Å². The molecule has 1 N–H and O–H groups in total. The largest absolute Gasteiger partial charge is 0.357 e. The molecule has 1 aliphatic heterocycles. The molecule has 2 heterocycles. The molecular formula is C21H31FN2. The normalized spacial score (nSPS) is 24.8. The summed E-state index contributed by atoms with van der Waals surface area (Å²) in [6.07, 6.45) is 1.53. The smallest absolute Gasteiger partial charge is 0.120 e. The van der Waals surface area contributed by atoms with E-state index in [0.29, 0.717) is 19.0 Å². The number of aromatic nitrogens is 1. The van der Waals surface area contributed by atoms with Crippen LogP contribution in [-0.4, -0.2) is 28.1 Å². The summed E-state index contributed by atoms with van der Waals surface area (Å²) in [7, 11) is 0. The molecule has 3 rings (SSSR count). The molecule has 0 fully saturated rings. The molecule has 0 bridgehead atoms. The SMILES string of the molecule is CCC(C)(F)CN1C(C(C)(C)C)c2[nH]c3ccccc3c2C[C@H]1C. The van der Waals surface area contributed by atoms with Gasteiger partial charge in [-0.15, -0.1) is 0 Å². The monoisotopic (exact) mass is 330 g/mol. The first kappa shape index (κ1) is 17.5. The van der Waals surface area contributed by atoms with Crippen molar-refractivity contribution in [1.82, 2.24) is 9.88 Å². The highest BCUT2D eigenvalue weighted by atomic mass is 19.1. The molecule has 1 aromatic carbocycles. The Labute approximate surface area is 145 Å². The van der Waals surface area contributed by atoms with E-state index in [4.69, 9.17) is 0 Å². The van der Waals surface area contributed by atoms with Gasteiger partial charge in [0.05, 0.1) is 6.04 Å². The second kappa shape index (κ2) is 5.87. The van der Waals surface area contributed by atoms with Crippen LogP contribution in [0.2, 0.25) is 0 Å². The van der Waals surface area contributed by atoms with E-state index in [1.165, 1.54) is 22.2 Å². The summed E-state index contributed by atoms with van der Waals surface area (Å²) in [6.45, 7) is 13.2. The molecule has 2 nitrogen and oxygen atoms in total. The Hall–Kier alpha value is -1.35. The Bertz CT molecular complexity index is 723. The highest BCUT2D eigenvalue weighted by molar-refractivity contribution is 5.85. The summed E-state index contributed by atoms with van der Waals surface area (Å²) in [6, 6.07) is 9.07. The van der Waals surface area contributed by atoms with Gasteiger partial charge in [0.15, 0.2) is 0 Å². The van der Waals surface area contributed by atoms with Crippen molar-refractivity contribution in [2.75, 3.05) is 6.54 Å². The van der Waals surface area contributed by atoms with Crippen molar-refractivity contribution in [3.63, 3.8) is 0 Å². The number of benzene rings is 1. The van der Waals surface area contributed by atoms with Crippen molar-refractivity contribution in [1.29, 1.82) is 0 Å². The van der Waals surface area contributed by atoms with Gasteiger partial charge in [0, 0.05) is 29.2 Å². The Balaban J connectivity index is 2.13. The van der Waals surface area contributed by atoms with Gasteiger partial charge < -0.3 is 4.98 Å². The molecule has 2 unspecified atom stereocenters. The lowest BCUT2D eigenvalue weighted by Gasteiger charge is -2.48. The quantitative estimate of drug-likeness (QED) is 0.771. The number of nitrogens with one attached hydrogen (secondary N) is 1. The van der Waals surface area contributed by atoms with Crippen molar-refractivity contribution in [3.8, 4) is 0 Å². The fraction of sp³-hybridized carbons (Fsp3) is 0.619. The highest BCUT2D eigenvalue weighted by Crippen LogP contribution is 2.46. The maximum Gasteiger partial charge on any atom is 0.120 e. The van der Waals surface area contributed by atoms with Gasteiger partial charge in [0.25, 0.3) is 0 Å². The first-order valence-electron chi connectivity index (χ1n) is 9.18. The van der Waals surface area contributed by atoms with E-state index in [0.717, 1.165) is 6.42 Å². The third kappa shape index (κ3) is 2.99. The number of H-pyrrole nitrogens is 1. The average Bonchev–Trinajstić information content (AvgIpc) is 2.84. The average molecular weight is 330 g/mol. The summed E-state index contributed by atoms with van der Waals surface area (Å²) < 4.78 is 14.9. The van der Waals surface area contributed by atoms with Crippen LogP contribution in [0.25, 0.3) is 10.9 Å². The molecule has 0 saturated carbocycles. The standard InChI is InChI=1S/C21H31FN2/c1-7-21(6,22)13-24-14(2)12-16-15-10-8-9-11-17(15)23-18(16)19(24)20(3,4)5/h8-11,14,19,23H,7,12-13H2,1-6H3/t14-,19?,21?/m1/s1. The molecule has 1 aliphatic rings. The molecule has 0 aliphatic carbocycles. The molecule has 1 aromatic heterocycles. The van der Waals surface area contributed by atoms with Crippen molar-refractivity contribution < 1.29 is 4.39 Å². The summed E-state index contributed by atoms with van der Waals surface area (Å²) in [5.41, 5.74) is 2.79. The van der Waals surface area contributed by atoms with Gasteiger partial charge in [0.1, 0.15) is 5.67 Å². The van der Waals surface area contributed by atoms with Crippen LogP contribution in [0.3, 0.4) is 0 Å². The number of nitrogens with zero attached hydrogens (tertiary/aromatic N) is 1. The van der Waals surface area contributed by atoms with Crippen LogP contribution in [0, 0.1) is 5.41 Å². The van der Waals surface area contributed by atoms with Gasteiger partial charge in [-0.25, -0.2) is 4.39 Å². The first-order valence-corrected chi connectivity index (χ1v) is 9.18. The fourth-order valence-corrected chi connectivity index (χ4v) is 4.18. The Morgan fingerprint density at radius 2 is 1.88 bits per heavy atom. The minimum absolute atomic E-state index is 0.0358. The summed E-state index contributed by atoms with van der Waals surface area (Å²) in [4.78, 5) is 6.05. The van der Waals surface area contributed by atoms with E-state index in [2.05, 4.69) is 61.8 Å². The highest BCUT2D eigenvalue weighted by Gasteiger charge is 2.43. The fourth-order valence-electron chi connectivity index (χ4n) is 4.18. The van der Waals surface area contributed by atoms with Crippen molar-refractivity contribution in [2.45, 2.75) is 72.1 Å². The third-order valence-corrected chi connectivity index (χ3v) is 5.59. The number of alkyl halides is 1. The second-order valence-corrected chi connectivity index (χ2v) is 8.82. The third-order valence-electron chi connectivity index (χ3n) is 5.59. The number of aromatic amines is 1. The molecule has 2 aromatic rings. The molecule has 3 atom stereocenters. The second-order valence-electron chi connectivity index (χ2n) is 8.82. The van der Waals surface area contributed by atoms with Crippen molar-refractivity contribution in [2.24, 2.45) is 5.41 Å². The zero-order valence-corrected chi connectivity index (χ0v) is 15.9. The lowest BCUT2D eigenvalue weighted by Crippen LogP contribution is -2.51. The Morgan fingerprint density at radius 3 is 2.50 bits per heavy atom. The van der Waals surface area contributed by atoms with Gasteiger partial charge >= 0.3 is 0 Å². The molecule has 0 saturated heterocycles. The van der Waals surface area contributed by atoms with Gasteiger partial charge in [-0.2, -0.15) is 0 Å². The molecule has 3 heteroatoms. The maximum absolute atomic E-state index is 14.9. The molecule has 132 valence electrons. The molecular weight excluding hydrogens is 299 g/mol. The molecule has 0 spiro atoms. The number of rotatable bonds is 3. The number of fused-ring (bicyclic) bond motifs is 3. The van der Waals surface area contributed by atoms with Crippen LogP contribution >= 0.6 is 0 Å². The minimum Gasteiger partial charge on any atom is -0.357 e. The minimum atomic E-state index is -1.15. The lowest BCUT2D eigenvalue weighted by atomic mass is 9.77. The number of halogens is 1. The molecule has 0 amide bonds.